The summed E-state index contributed by atoms with van der Waals surface area (Å²) in [6.07, 6.45) is 0. The minimum atomic E-state index is -0.413. The van der Waals surface area contributed by atoms with Gasteiger partial charge in [0.05, 0.1) is 4.92 Å². The summed E-state index contributed by atoms with van der Waals surface area (Å²) < 4.78 is 5.23. The number of rotatable bonds is 6. The molecule has 0 aliphatic carbocycles. The highest BCUT2D eigenvalue weighted by atomic mass is 16.6. The van der Waals surface area contributed by atoms with Crippen LogP contribution in [0.1, 0.15) is 44.1 Å². The number of aromatic nitrogens is 2. The number of nitrogens with zero attached hydrogens (tertiary/aromatic N) is 3. The number of hydrogen-bond acceptors (Lipinski definition) is 6. The number of hydrogen-bond donors (Lipinski definition) is 1. The van der Waals surface area contributed by atoms with Crippen LogP contribution in [0.15, 0.2) is 53.1 Å². The largest absolute Gasteiger partial charge is 0.373 e. The summed E-state index contributed by atoms with van der Waals surface area (Å²) in [5, 5.41) is 18.6. The Labute approximate surface area is 151 Å². The third-order valence-electron chi connectivity index (χ3n) is 4.07. The van der Waals surface area contributed by atoms with Gasteiger partial charge in [-0.05, 0) is 24.6 Å². The van der Waals surface area contributed by atoms with Crippen LogP contribution < -0.4 is 5.32 Å². The molecule has 3 aromatic rings. The molecule has 0 fully saturated rings. The van der Waals surface area contributed by atoms with E-state index in [2.05, 4.69) is 15.5 Å². The monoisotopic (exact) mass is 352 g/mol. The summed E-state index contributed by atoms with van der Waals surface area (Å²) >= 11 is 0. The summed E-state index contributed by atoms with van der Waals surface area (Å²) in [5.74, 6) is 0.970. The van der Waals surface area contributed by atoms with Crippen molar-refractivity contribution in [3.05, 3.63) is 70.0 Å². The molecular weight excluding hydrogens is 332 g/mol. The molecule has 134 valence electrons. The summed E-state index contributed by atoms with van der Waals surface area (Å²) in [7, 11) is 0. The van der Waals surface area contributed by atoms with Crippen LogP contribution in [0.25, 0.3) is 11.5 Å². The smallest absolute Gasteiger partial charge is 0.293 e. The number of nitro groups is 1. The predicted molar refractivity (Wildman–Crippen MR) is 99.0 cm³/mol. The highest BCUT2D eigenvalue weighted by Gasteiger charge is 2.20. The van der Waals surface area contributed by atoms with Crippen molar-refractivity contribution in [3.8, 4) is 11.5 Å². The molecule has 1 atom stereocenters. The molecule has 0 radical (unpaired) electrons. The first-order chi connectivity index (χ1) is 12.5. The molecule has 0 bridgehead atoms. The Bertz CT molecular complexity index is 906. The van der Waals surface area contributed by atoms with Gasteiger partial charge in [-0.3, -0.25) is 10.1 Å². The minimum Gasteiger partial charge on any atom is -0.373 e. The van der Waals surface area contributed by atoms with E-state index in [0.717, 1.165) is 5.56 Å². The summed E-state index contributed by atoms with van der Waals surface area (Å²) in [6.45, 7) is 5.87. The third kappa shape index (κ3) is 3.72. The number of benzene rings is 2. The van der Waals surface area contributed by atoms with Gasteiger partial charge in [-0.25, -0.2) is 0 Å². The van der Waals surface area contributed by atoms with Gasteiger partial charge in [0.25, 0.3) is 11.6 Å². The van der Waals surface area contributed by atoms with Crippen LogP contribution in [-0.2, 0) is 0 Å². The van der Waals surface area contributed by atoms with Crippen molar-refractivity contribution < 1.29 is 9.45 Å². The Morgan fingerprint density at radius 2 is 1.85 bits per heavy atom. The Balaban J connectivity index is 1.90. The fraction of sp³-hybridized carbons (Fsp3) is 0.263. The van der Waals surface area contributed by atoms with Crippen molar-refractivity contribution in [1.82, 2.24) is 10.1 Å². The van der Waals surface area contributed by atoms with E-state index in [-0.39, 0.29) is 23.5 Å². The molecule has 0 aliphatic heterocycles. The maximum absolute atomic E-state index is 11.5. The van der Waals surface area contributed by atoms with E-state index in [4.69, 9.17) is 4.52 Å². The molecule has 1 N–H and O–H groups in total. The van der Waals surface area contributed by atoms with Gasteiger partial charge in [0.1, 0.15) is 5.69 Å². The molecule has 1 aromatic heterocycles. The topological polar surface area (TPSA) is 94.1 Å². The van der Waals surface area contributed by atoms with Crippen LogP contribution in [0.5, 0.6) is 0 Å². The van der Waals surface area contributed by atoms with Crippen molar-refractivity contribution in [3.63, 3.8) is 0 Å². The van der Waals surface area contributed by atoms with Gasteiger partial charge in [0, 0.05) is 23.6 Å². The van der Waals surface area contributed by atoms with E-state index in [1.807, 2.05) is 51.1 Å². The molecule has 7 heteroatoms. The van der Waals surface area contributed by atoms with Gasteiger partial charge in [0.15, 0.2) is 5.82 Å². The van der Waals surface area contributed by atoms with Crippen LogP contribution in [0.4, 0.5) is 11.4 Å². The summed E-state index contributed by atoms with van der Waals surface area (Å²) in [4.78, 5) is 15.4. The first-order valence-corrected chi connectivity index (χ1v) is 8.39. The average molecular weight is 352 g/mol. The van der Waals surface area contributed by atoms with Crippen LogP contribution >= 0.6 is 0 Å². The van der Waals surface area contributed by atoms with Gasteiger partial charge >= 0.3 is 0 Å². The lowest BCUT2D eigenvalue weighted by Gasteiger charge is -2.16. The van der Waals surface area contributed by atoms with Crippen LogP contribution in [0, 0.1) is 10.1 Å². The van der Waals surface area contributed by atoms with E-state index in [9.17, 15) is 10.1 Å². The van der Waals surface area contributed by atoms with Crippen LogP contribution in [0.3, 0.4) is 0 Å². The van der Waals surface area contributed by atoms with Crippen molar-refractivity contribution in [2.75, 3.05) is 5.32 Å². The molecule has 3 rings (SSSR count). The lowest BCUT2D eigenvalue weighted by Crippen LogP contribution is -2.08. The minimum absolute atomic E-state index is 0.0328. The molecular formula is C19H20N4O3. The fourth-order valence-electron chi connectivity index (χ4n) is 2.58. The highest BCUT2D eigenvalue weighted by molar-refractivity contribution is 5.70. The number of nitro benzene ring substituents is 1. The molecule has 2 aromatic carbocycles. The molecule has 0 amide bonds. The average Bonchev–Trinajstić information content (AvgIpc) is 3.13. The lowest BCUT2D eigenvalue weighted by molar-refractivity contribution is -0.383. The SMILES string of the molecule is CC(C)c1noc(-c2ccc(N[C@H](C)c3ccccc3)c([N+](=O)[O-])c2)n1. The molecule has 0 saturated carbocycles. The molecule has 0 aliphatic rings. The van der Waals surface area contributed by atoms with Crippen LogP contribution in [-0.4, -0.2) is 15.1 Å². The first kappa shape index (κ1) is 17.6. The van der Waals surface area contributed by atoms with E-state index in [1.165, 1.54) is 6.07 Å². The van der Waals surface area contributed by atoms with Crippen LogP contribution in [0.2, 0.25) is 0 Å². The standard InChI is InChI=1S/C19H20N4O3/c1-12(2)18-21-19(26-22-18)15-9-10-16(17(11-15)23(24)25)20-13(3)14-7-5-4-6-8-14/h4-13,20H,1-3H3/t13-/m1/s1. The predicted octanol–water partition coefficient (Wildman–Crippen LogP) is 4.94. The van der Waals surface area contributed by atoms with E-state index in [1.54, 1.807) is 12.1 Å². The highest BCUT2D eigenvalue weighted by Crippen LogP contribution is 2.32. The van der Waals surface area contributed by atoms with Crippen molar-refractivity contribution in [1.29, 1.82) is 0 Å². The van der Waals surface area contributed by atoms with Crippen molar-refractivity contribution >= 4 is 11.4 Å². The molecule has 0 unspecified atom stereocenters. The molecule has 0 spiro atoms. The molecule has 7 nitrogen and oxygen atoms in total. The second kappa shape index (κ2) is 7.35. The van der Waals surface area contributed by atoms with Crippen molar-refractivity contribution in [2.45, 2.75) is 32.7 Å². The summed E-state index contributed by atoms with van der Waals surface area (Å²) in [6, 6.07) is 14.6. The lowest BCUT2D eigenvalue weighted by atomic mass is 10.1. The van der Waals surface area contributed by atoms with Gasteiger partial charge in [-0.1, -0.05) is 49.3 Å². The Kier molecular flexibility index (Phi) is 4.97. The molecule has 26 heavy (non-hydrogen) atoms. The normalized spacial score (nSPS) is 12.2. The maximum Gasteiger partial charge on any atom is 0.293 e. The zero-order chi connectivity index (χ0) is 18.7. The maximum atomic E-state index is 11.5. The molecule has 0 saturated heterocycles. The molecule has 1 heterocycles. The van der Waals surface area contributed by atoms with E-state index < -0.39 is 4.92 Å². The fourth-order valence-corrected chi connectivity index (χ4v) is 2.58. The van der Waals surface area contributed by atoms with Gasteiger partial charge in [-0.2, -0.15) is 4.98 Å². The summed E-state index contributed by atoms with van der Waals surface area (Å²) in [5.41, 5.74) is 1.98. The second-order valence-corrected chi connectivity index (χ2v) is 6.38. The van der Waals surface area contributed by atoms with Gasteiger partial charge in [0.2, 0.25) is 0 Å². The number of anilines is 1. The Morgan fingerprint density at radius 1 is 1.12 bits per heavy atom. The Morgan fingerprint density at radius 3 is 2.46 bits per heavy atom. The van der Waals surface area contributed by atoms with Gasteiger partial charge in [-0.15, -0.1) is 0 Å². The van der Waals surface area contributed by atoms with E-state index >= 15 is 0 Å². The van der Waals surface area contributed by atoms with Gasteiger partial charge < -0.3 is 9.84 Å². The quantitative estimate of drug-likeness (QED) is 0.499. The number of nitrogens with one attached hydrogen (secondary N) is 1. The second-order valence-electron chi connectivity index (χ2n) is 6.38. The van der Waals surface area contributed by atoms with E-state index in [0.29, 0.717) is 17.1 Å². The zero-order valence-corrected chi connectivity index (χ0v) is 14.8. The first-order valence-electron chi connectivity index (χ1n) is 8.39. The third-order valence-corrected chi connectivity index (χ3v) is 4.07. The Hall–Kier alpha value is -3.22. The van der Waals surface area contributed by atoms with Crippen molar-refractivity contribution in [2.24, 2.45) is 0 Å². The zero-order valence-electron chi connectivity index (χ0n) is 14.8.